The maximum atomic E-state index is 13.7. The van der Waals surface area contributed by atoms with E-state index in [2.05, 4.69) is 4.99 Å². The summed E-state index contributed by atoms with van der Waals surface area (Å²) < 4.78 is 41.8. The predicted octanol–water partition coefficient (Wildman–Crippen LogP) is 5.21. The van der Waals surface area contributed by atoms with Crippen LogP contribution in [0.5, 0.6) is 0 Å². The Morgan fingerprint density at radius 1 is 1.35 bits per heavy atom. The molecular weight excluding hydrogens is 523 g/mol. The zero-order valence-electron chi connectivity index (χ0n) is 20.4. The smallest absolute Gasteiger partial charge is 0.394 e. The van der Waals surface area contributed by atoms with Crippen molar-refractivity contribution >= 4 is 40.6 Å². The molecule has 1 aromatic carbocycles. The number of amides is 1. The molecule has 0 fully saturated rings. The van der Waals surface area contributed by atoms with Crippen molar-refractivity contribution in [3.8, 4) is 6.07 Å². The summed E-state index contributed by atoms with van der Waals surface area (Å²) in [5, 5.41) is 8.76. The average molecular weight is 550 g/mol. The van der Waals surface area contributed by atoms with Gasteiger partial charge in [-0.3, -0.25) is 9.79 Å². The summed E-state index contributed by atoms with van der Waals surface area (Å²) >= 11 is 7.68. The van der Waals surface area contributed by atoms with E-state index in [9.17, 15) is 18.0 Å². The summed E-state index contributed by atoms with van der Waals surface area (Å²) in [4.78, 5) is 21.5. The third kappa shape index (κ3) is 7.22. The number of alkyl halides is 3. The van der Waals surface area contributed by atoms with E-state index in [0.29, 0.717) is 23.0 Å². The lowest BCUT2D eigenvalue weighted by Crippen LogP contribution is -2.37. The lowest BCUT2D eigenvalue weighted by molar-refractivity contribution is -0.127. The molecule has 0 aliphatic carbocycles. The van der Waals surface area contributed by atoms with Gasteiger partial charge >= 0.3 is 6.18 Å². The minimum absolute atomic E-state index is 0.0442. The fourth-order valence-corrected chi connectivity index (χ4v) is 5.40. The molecule has 2 N–H and O–H groups in total. The first kappa shape index (κ1) is 28.4. The van der Waals surface area contributed by atoms with E-state index >= 15 is 0 Å². The quantitative estimate of drug-likeness (QED) is 0.278. The van der Waals surface area contributed by atoms with Gasteiger partial charge < -0.3 is 15.5 Å². The highest BCUT2D eigenvalue weighted by atomic mass is 35.5. The van der Waals surface area contributed by atoms with Gasteiger partial charge in [0.2, 0.25) is 5.91 Å². The molecule has 2 heterocycles. The third-order valence-electron chi connectivity index (χ3n) is 5.76. The van der Waals surface area contributed by atoms with Crippen LogP contribution >= 0.6 is 22.9 Å². The summed E-state index contributed by atoms with van der Waals surface area (Å²) in [5.41, 5.74) is 5.74. The average Bonchev–Trinajstić information content (AvgIpc) is 3.22. The molecule has 2 aromatic rings. The number of fused-ring (bicyclic) bond motifs is 1. The largest absolute Gasteiger partial charge is 0.431 e. The lowest BCUT2D eigenvalue weighted by Gasteiger charge is -2.33. The fraction of sp³-hybridized carbons (Fsp3) is 0.346. The minimum Gasteiger partial charge on any atom is -0.394 e. The van der Waals surface area contributed by atoms with Crippen LogP contribution in [0.2, 0.25) is 4.34 Å². The second kappa shape index (κ2) is 12.4. The molecule has 0 radical (unpaired) electrons. The molecule has 1 aromatic heterocycles. The molecule has 3 rings (SSSR count). The van der Waals surface area contributed by atoms with Gasteiger partial charge in [0.25, 0.3) is 0 Å². The second-order valence-corrected chi connectivity index (χ2v) is 10.5. The van der Waals surface area contributed by atoms with Crippen LogP contribution < -0.4 is 5.73 Å². The first-order valence-electron chi connectivity index (χ1n) is 11.4. The van der Waals surface area contributed by atoms with Crippen molar-refractivity contribution in [3.05, 3.63) is 74.1 Å². The number of benzene rings is 1. The second-order valence-electron chi connectivity index (χ2n) is 8.72. The van der Waals surface area contributed by atoms with Gasteiger partial charge in [0.1, 0.15) is 5.70 Å². The van der Waals surface area contributed by atoms with Crippen LogP contribution in [0.3, 0.4) is 0 Å². The maximum absolute atomic E-state index is 13.7. The van der Waals surface area contributed by atoms with Crippen molar-refractivity contribution in [3.63, 3.8) is 0 Å². The Balaban J connectivity index is 2.10. The highest BCUT2D eigenvalue weighted by Gasteiger charge is 2.36. The van der Waals surface area contributed by atoms with Crippen molar-refractivity contribution in [1.29, 1.82) is 5.26 Å². The zero-order chi connectivity index (χ0) is 27.2. The number of likely N-dealkylation sites (N-methyl/N-ethyl adjacent to an activating group) is 1. The number of allylic oxidation sites excluding steroid dienone is 2. The normalized spacial score (nSPS) is 16.8. The van der Waals surface area contributed by atoms with Gasteiger partial charge in [0, 0.05) is 41.7 Å². The lowest BCUT2D eigenvalue weighted by atomic mass is 9.83. The van der Waals surface area contributed by atoms with Crippen molar-refractivity contribution in [2.45, 2.75) is 25.1 Å². The molecule has 1 unspecified atom stereocenters. The minimum atomic E-state index is -4.79. The summed E-state index contributed by atoms with van der Waals surface area (Å²) in [7, 11) is 3.79. The van der Waals surface area contributed by atoms with Crippen LogP contribution in [0.25, 0.3) is 5.57 Å². The van der Waals surface area contributed by atoms with E-state index in [1.807, 2.05) is 31.1 Å². The van der Waals surface area contributed by atoms with Crippen molar-refractivity contribution in [2.24, 2.45) is 10.7 Å². The number of thiophene rings is 1. The molecule has 0 bridgehead atoms. The van der Waals surface area contributed by atoms with Crippen molar-refractivity contribution in [1.82, 2.24) is 9.80 Å². The standard InChI is InChI=1S/C26H27ClF3N5OS/c1-34(2)12-5-9-24(36)35-15-21(19-13-23(27)37-22(19)16-35)18-8-4-3-7-17(18)20(14-33-11-6-10-31)25(32)26(28,29)30/h3-5,7-9,13-14,21H,6,11-12,15-16,32H2,1-2H3/b9-5+,25-20+,33-14?. The van der Waals surface area contributed by atoms with Crippen LogP contribution in [0.15, 0.2) is 53.2 Å². The Morgan fingerprint density at radius 2 is 2.08 bits per heavy atom. The van der Waals surface area contributed by atoms with E-state index in [1.165, 1.54) is 17.4 Å². The molecule has 11 heteroatoms. The Morgan fingerprint density at radius 3 is 2.76 bits per heavy atom. The van der Waals surface area contributed by atoms with E-state index in [1.54, 1.807) is 35.2 Å². The number of nitrogens with zero attached hydrogens (tertiary/aromatic N) is 4. The molecule has 1 aliphatic rings. The third-order valence-corrected chi connectivity index (χ3v) is 7.03. The molecule has 0 spiro atoms. The predicted molar refractivity (Wildman–Crippen MR) is 141 cm³/mol. The fourth-order valence-electron chi connectivity index (χ4n) is 4.04. The topological polar surface area (TPSA) is 85.7 Å². The summed E-state index contributed by atoms with van der Waals surface area (Å²) in [6, 6.07) is 10.4. The molecular formula is C26H27ClF3N5OS. The SMILES string of the molecule is CN(C)C/C=C/C(=O)N1Cc2sc(Cl)cc2C(c2ccccc2/C(C=NCCC#N)=C(/N)C(F)(F)F)C1. The number of hydrogen-bond acceptors (Lipinski definition) is 6. The number of aliphatic imine (C=N–C) groups is 1. The molecule has 0 saturated carbocycles. The summed E-state index contributed by atoms with van der Waals surface area (Å²) in [6.45, 7) is 1.26. The number of nitrogens with two attached hydrogens (primary N) is 1. The van der Waals surface area contributed by atoms with Gasteiger partial charge in [0.15, 0.2) is 0 Å². The highest BCUT2D eigenvalue weighted by molar-refractivity contribution is 7.16. The first-order chi connectivity index (χ1) is 17.5. The molecule has 1 amide bonds. The first-order valence-corrected chi connectivity index (χ1v) is 12.6. The van der Waals surface area contributed by atoms with Crippen LogP contribution in [0.4, 0.5) is 13.2 Å². The Hall–Kier alpha value is -3.13. The Labute approximate surface area is 223 Å². The van der Waals surface area contributed by atoms with Crippen molar-refractivity contribution < 1.29 is 18.0 Å². The molecule has 1 atom stereocenters. The number of hydrogen-bond donors (Lipinski definition) is 1. The van der Waals surface area contributed by atoms with E-state index in [0.717, 1.165) is 16.7 Å². The highest BCUT2D eigenvalue weighted by Crippen LogP contribution is 2.42. The van der Waals surface area contributed by atoms with E-state index in [4.69, 9.17) is 22.6 Å². The maximum Gasteiger partial charge on any atom is 0.431 e. The van der Waals surface area contributed by atoms with Gasteiger partial charge in [-0.2, -0.15) is 18.4 Å². The molecule has 37 heavy (non-hydrogen) atoms. The van der Waals surface area contributed by atoms with Crippen molar-refractivity contribution in [2.75, 3.05) is 33.7 Å². The zero-order valence-corrected chi connectivity index (χ0v) is 22.0. The van der Waals surface area contributed by atoms with Crippen LogP contribution in [-0.4, -0.2) is 61.8 Å². The molecule has 1 aliphatic heterocycles. The number of carbonyl (C=O) groups is 1. The monoisotopic (exact) mass is 549 g/mol. The molecule has 0 saturated heterocycles. The van der Waals surface area contributed by atoms with E-state index in [-0.39, 0.29) is 36.6 Å². The molecule has 196 valence electrons. The van der Waals surface area contributed by atoms with Crippen LogP contribution in [-0.2, 0) is 11.3 Å². The van der Waals surface area contributed by atoms with Gasteiger partial charge in [0.05, 0.1) is 29.9 Å². The summed E-state index contributed by atoms with van der Waals surface area (Å²) in [5.74, 6) is -0.624. The van der Waals surface area contributed by atoms with Gasteiger partial charge in [-0.05, 0) is 36.9 Å². The van der Waals surface area contributed by atoms with Gasteiger partial charge in [-0.25, -0.2) is 0 Å². The number of halogens is 4. The van der Waals surface area contributed by atoms with Gasteiger partial charge in [-0.15, -0.1) is 11.3 Å². The number of nitriles is 1. The van der Waals surface area contributed by atoms with Crippen LogP contribution in [0, 0.1) is 11.3 Å². The van der Waals surface area contributed by atoms with Gasteiger partial charge in [-0.1, -0.05) is 41.9 Å². The van der Waals surface area contributed by atoms with E-state index < -0.39 is 17.8 Å². The van der Waals surface area contributed by atoms with Crippen LogP contribution in [0.1, 0.15) is 33.9 Å². The Kier molecular flexibility index (Phi) is 9.54. The number of rotatable bonds is 8. The Bertz CT molecular complexity index is 1260. The summed E-state index contributed by atoms with van der Waals surface area (Å²) in [6.07, 6.45) is -0.361. The number of carbonyl (C=O) groups excluding carboxylic acids is 1. The molecule has 6 nitrogen and oxygen atoms in total.